The molecule has 3 nitrogen and oxygen atoms in total. The van der Waals surface area contributed by atoms with E-state index in [1.807, 2.05) is 37.3 Å². The first-order chi connectivity index (χ1) is 10.8. The fourth-order valence-corrected chi connectivity index (χ4v) is 5.04. The van der Waals surface area contributed by atoms with Gasteiger partial charge in [-0.05, 0) is 31.2 Å². The first-order valence-corrected chi connectivity index (χ1v) is 10.4. The summed E-state index contributed by atoms with van der Waals surface area (Å²) in [6.45, 7) is -1.22. The van der Waals surface area contributed by atoms with Crippen LogP contribution >= 0.6 is 41.5 Å². The van der Waals surface area contributed by atoms with E-state index in [2.05, 4.69) is 0 Å². The highest BCUT2D eigenvalue weighted by Crippen LogP contribution is 2.62. The second-order valence-corrected chi connectivity index (χ2v) is 10.2. The van der Waals surface area contributed by atoms with Crippen LogP contribution in [0.15, 0.2) is 48.5 Å². The van der Waals surface area contributed by atoms with Gasteiger partial charge in [0.2, 0.25) is 3.79 Å². The fourth-order valence-electron chi connectivity index (χ4n) is 2.17. The third-order valence-electron chi connectivity index (χ3n) is 3.15. The lowest BCUT2D eigenvalue weighted by Gasteiger charge is -2.36. The summed E-state index contributed by atoms with van der Waals surface area (Å²) in [5.74, 6) is 1.05. The summed E-state index contributed by atoms with van der Waals surface area (Å²) in [4.78, 5) is 0. The predicted molar refractivity (Wildman–Crippen MR) is 97.3 cm³/mol. The van der Waals surface area contributed by atoms with Gasteiger partial charge in [-0.3, -0.25) is 4.52 Å². The first kappa shape index (κ1) is 17.3. The van der Waals surface area contributed by atoms with Gasteiger partial charge in [-0.2, -0.15) is 0 Å². The molecule has 8 heteroatoms. The lowest BCUT2D eigenvalue weighted by molar-refractivity contribution is 0.160. The van der Waals surface area contributed by atoms with Crippen LogP contribution in [0, 0.1) is 6.92 Å². The molecule has 0 N–H and O–H groups in total. The average molecular weight is 410 g/mol. The van der Waals surface area contributed by atoms with E-state index < -0.39 is 16.6 Å². The van der Waals surface area contributed by atoms with Crippen molar-refractivity contribution in [3.63, 3.8) is 0 Å². The van der Waals surface area contributed by atoms with Gasteiger partial charge in [0.15, 0.2) is 0 Å². The van der Waals surface area contributed by atoms with Crippen molar-refractivity contribution in [1.29, 1.82) is 0 Å². The third kappa shape index (κ3) is 3.96. The lowest BCUT2D eigenvalue weighted by atomic mass is 10.1. The second-order valence-electron chi connectivity index (χ2n) is 5.01. The SMILES string of the molecule is Cc1ccc2c(c1)C(C(Cl)(Cl)Cl)OP(=S)(Oc1ccccc1)O2. The highest BCUT2D eigenvalue weighted by molar-refractivity contribution is 8.08. The topological polar surface area (TPSA) is 27.7 Å². The van der Waals surface area contributed by atoms with E-state index in [-0.39, 0.29) is 0 Å². The van der Waals surface area contributed by atoms with E-state index in [1.165, 1.54) is 0 Å². The molecule has 0 aliphatic carbocycles. The quantitative estimate of drug-likeness (QED) is 0.441. The maximum Gasteiger partial charge on any atom is 0.435 e. The molecule has 1 aliphatic heterocycles. The number of para-hydroxylation sites is 1. The molecule has 0 radical (unpaired) electrons. The van der Waals surface area contributed by atoms with Crippen LogP contribution in [0.4, 0.5) is 0 Å². The second kappa shape index (κ2) is 6.44. The Kier molecular flexibility index (Phi) is 4.85. The molecule has 0 bridgehead atoms. The minimum absolute atomic E-state index is 0.512. The van der Waals surface area contributed by atoms with Crippen molar-refractivity contribution in [2.24, 2.45) is 0 Å². The van der Waals surface area contributed by atoms with Crippen molar-refractivity contribution in [3.05, 3.63) is 59.7 Å². The van der Waals surface area contributed by atoms with Crippen molar-refractivity contribution in [2.45, 2.75) is 16.8 Å². The highest BCUT2D eigenvalue weighted by atomic mass is 35.6. The molecular formula is C15H12Cl3O3PS. The van der Waals surface area contributed by atoms with Gasteiger partial charge in [0.25, 0.3) is 0 Å². The molecule has 3 rings (SSSR count). The van der Waals surface area contributed by atoms with Gasteiger partial charge in [0, 0.05) is 17.4 Å². The number of aryl methyl sites for hydroxylation is 1. The Morgan fingerprint density at radius 1 is 1.13 bits per heavy atom. The zero-order chi connectivity index (χ0) is 16.7. The van der Waals surface area contributed by atoms with Crippen LogP contribution < -0.4 is 9.05 Å². The van der Waals surface area contributed by atoms with Crippen LogP contribution in [-0.2, 0) is 16.3 Å². The van der Waals surface area contributed by atoms with Gasteiger partial charge in [0.1, 0.15) is 17.6 Å². The third-order valence-corrected chi connectivity index (χ3v) is 5.77. The Labute approximate surface area is 154 Å². The Balaban J connectivity index is 2.00. The van der Waals surface area contributed by atoms with Crippen LogP contribution in [0.3, 0.4) is 0 Å². The largest absolute Gasteiger partial charge is 0.435 e. The molecule has 0 amide bonds. The molecule has 0 saturated heterocycles. The van der Waals surface area contributed by atoms with Gasteiger partial charge in [0.05, 0.1) is 0 Å². The Bertz CT molecular complexity index is 764. The Morgan fingerprint density at radius 2 is 1.83 bits per heavy atom. The number of benzene rings is 2. The Hall–Kier alpha value is -0.480. The monoisotopic (exact) mass is 408 g/mol. The van der Waals surface area contributed by atoms with Crippen LogP contribution in [0.5, 0.6) is 11.5 Å². The smallest absolute Gasteiger partial charge is 0.416 e. The standard InChI is InChI=1S/C15H12Cl3O3PS/c1-10-7-8-13-12(9-10)14(15(16,17)18)21-22(23,20-13)19-11-5-3-2-4-6-11/h2-9,14H,1H3. The predicted octanol–water partition coefficient (Wildman–Crippen LogP) is 6.12. The lowest BCUT2D eigenvalue weighted by Crippen LogP contribution is -2.26. The van der Waals surface area contributed by atoms with Crippen molar-refractivity contribution >= 4 is 53.3 Å². The number of alkyl halides is 3. The molecular weight excluding hydrogens is 398 g/mol. The van der Waals surface area contributed by atoms with E-state index >= 15 is 0 Å². The normalized spacial score (nSPS) is 23.7. The zero-order valence-corrected chi connectivity index (χ0v) is 15.9. The summed E-state index contributed by atoms with van der Waals surface area (Å²) < 4.78 is 15.7. The van der Waals surface area contributed by atoms with Gasteiger partial charge in [-0.25, -0.2) is 0 Å². The number of hydrogen-bond acceptors (Lipinski definition) is 4. The van der Waals surface area contributed by atoms with E-state index in [0.717, 1.165) is 5.56 Å². The van der Waals surface area contributed by atoms with Crippen LogP contribution in [0.25, 0.3) is 0 Å². The summed E-state index contributed by atoms with van der Waals surface area (Å²) in [5, 5.41) is 0. The van der Waals surface area contributed by atoms with Gasteiger partial charge < -0.3 is 9.05 Å². The molecule has 2 unspecified atom stereocenters. The first-order valence-electron chi connectivity index (χ1n) is 6.67. The molecule has 2 aromatic carbocycles. The van der Waals surface area contributed by atoms with Crippen LogP contribution in [0.2, 0.25) is 0 Å². The fraction of sp³-hybridized carbons (Fsp3) is 0.200. The van der Waals surface area contributed by atoms with E-state index in [4.69, 9.17) is 60.2 Å². The average Bonchev–Trinajstić information content (AvgIpc) is 2.47. The molecule has 0 aromatic heterocycles. The van der Waals surface area contributed by atoms with E-state index in [0.29, 0.717) is 17.1 Å². The maximum absolute atomic E-state index is 6.09. The van der Waals surface area contributed by atoms with Gasteiger partial charge >= 0.3 is 6.72 Å². The number of rotatable bonds is 2. The molecule has 0 saturated carbocycles. The van der Waals surface area contributed by atoms with Gasteiger partial charge in [-0.1, -0.05) is 64.6 Å². The number of halogens is 3. The summed E-state index contributed by atoms with van der Waals surface area (Å²) in [6, 6.07) is 14.6. The van der Waals surface area contributed by atoms with E-state index in [1.54, 1.807) is 18.2 Å². The molecule has 0 fully saturated rings. The zero-order valence-electron chi connectivity index (χ0n) is 11.9. The molecule has 1 aliphatic rings. The molecule has 122 valence electrons. The molecule has 2 atom stereocenters. The van der Waals surface area contributed by atoms with Crippen molar-refractivity contribution in [1.82, 2.24) is 0 Å². The summed E-state index contributed by atoms with van der Waals surface area (Å²) in [7, 11) is 0. The number of hydrogen-bond donors (Lipinski definition) is 0. The molecule has 0 spiro atoms. The van der Waals surface area contributed by atoms with Gasteiger partial charge in [-0.15, -0.1) is 0 Å². The molecule has 1 heterocycles. The highest BCUT2D eigenvalue weighted by Gasteiger charge is 2.46. The van der Waals surface area contributed by atoms with E-state index in [9.17, 15) is 0 Å². The minimum atomic E-state index is -3.16. The summed E-state index contributed by atoms with van der Waals surface area (Å²) in [6.07, 6.45) is -0.870. The van der Waals surface area contributed by atoms with Crippen molar-refractivity contribution in [2.75, 3.05) is 0 Å². The summed E-state index contributed by atoms with van der Waals surface area (Å²) >= 11 is 23.7. The molecule has 2 aromatic rings. The number of fused-ring (bicyclic) bond motifs is 1. The minimum Gasteiger partial charge on any atom is -0.416 e. The van der Waals surface area contributed by atoms with Crippen molar-refractivity contribution < 1.29 is 13.6 Å². The van der Waals surface area contributed by atoms with Crippen LogP contribution in [-0.4, -0.2) is 3.79 Å². The Morgan fingerprint density at radius 3 is 2.48 bits per heavy atom. The summed E-state index contributed by atoms with van der Waals surface area (Å²) in [5.41, 5.74) is 1.64. The molecule has 23 heavy (non-hydrogen) atoms. The van der Waals surface area contributed by atoms with Crippen LogP contribution in [0.1, 0.15) is 17.2 Å². The maximum atomic E-state index is 6.09. The van der Waals surface area contributed by atoms with Crippen molar-refractivity contribution in [3.8, 4) is 11.5 Å².